The van der Waals surface area contributed by atoms with E-state index in [1.165, 1.54) is 81.5 Å². The van der Waals surface area contributed by atoms with Gasteiger partial charge in [0.25, 0.3) is 23.6 Å². The molecule has 13 aromatic carbocycles. The molecule has 7 aromatic heterocycles. The number of H-pyrrole nitrogens is 3. The minimum atomic E-state index is -0.176. The molecular weight excluding hydrogens is 1730 g/mol. The van der Waals surface area contributed by atoms with Gasteiger partial charge in [-0.05, 0) is 123 Å². The van der Waals surface area contributed by atoms with Crippen LogP contribution in [0.15, 0.2) is 304 Å². The lowest BCUT2D eigenvalue weighted by Crippen LogP contribution is -2.32. The summed E-state index contributed by atoms with van der Waals surface area (Å²) in [6, 6.07) is 98.0. The van der Waals surface area contributed by atoms with Gasteiger partial charge >= 0.3 is 0 Å². The number of aryl methyl sites for hydroxylation is 3. The van der Waals surface area contributed by atoms with Crippen molar-refractivity contribution in [3.05, 3.63) is 416 Å². The second kappa shape index (κ2) is 40.3. The highest BCUT2D eigenvalue weighted by atomic mass is 16.3. The number of carbonyl (C=O) groups is 4. The van der Waals surface area contributed by atoms with Crippen LogP contribution in [0.25, 0.3) is 86.6 Å². The number of nitrogens with zero attached hydrogens (tertiary/aromatic N) is 12. The van der Waals surface area contributed by atoms with E-state index in [1.807, 2.05) is 125 Å². The first kappa shape index (κ1) is 89.8. The zero-order chi connectivity index (χ0) is 94.4. The number of hydrogen-bond acceptors (Lipinski definition) is 13. The first-order valence-electron chi connectivity index (χ1n) is 48.1. The number of amides is 4. The molecule has 4 aliphatic heterocycles. The van der Waals surface area contributed by atoms with Gasteiger partial charge in [-0.1, -0.05) is 261 Å². The Morgan fingerprint density at radius 3 is 0.957 bits per heavy atom. The van der Waals surface area contributed by atoms with E-state index in [-0.39, 0.29) is 30.2 Å². The first-order valence-corrected chi connectivity index (χ1v) is 48.1. The van der Waals surface area contributed by atoms with Crippen molar-refractivity contribution in [2.45, 2.75) is 111 Å². The highest BCUT2D eigenvalue weighted by Crippen LogP contribution is 2.34. The van der Waals surface area contributed by atoms with Gasteiger partial charge in [0.15, 0.2) is 22.8 Å². The third-order valence-corrected chi connectivity index (χ3v) is 28.1. The van der Waals surface area contributed by atoms with E-state index in [0.29, 0.717) is 62.0 Å². The van der Waals surface area contributed by atoms with Crippen LogP contribution in [0, 0.1) is 0 Å². The fourth-order valence-corrected chi connectivity index (χ4v) is 21.0. The van der Waals surface area contributed by atoms with Crippen LogP contribution < -0.4 is 21.3 Å². The van der Waals surface area contributed by atoms with Gasteiger partial charge in [-0.15, -0.1) is 0 Å². The quantitative estimate of drug-likeness (QED) is 0.0314. The maximum Gasteiger partial charge on any atom is 0.272 e. The van der Waals surface area contributed by atoms with Crippen LogP contribution in [-0.2, 0) is 132 Å². The Labute approximate surface area is 805 Å². The summed E-state index contributed by atoms with van der Waals surface area (Å²) in [5.74, 6) is -0.510. The van der Waals surface area contributed by atoms with Crippen molar-refractivity contribution < 1.29 is 24.3 Å². The molecular formula is C115H111N19O5. The maximum absolute atomic E-state index is 13.4. The number of benzene rings is 13. The Bertz CT molecular complexity index is 7950. The van der Waals surface area contributed by atoms with Crippen LogP contribution in [0.3, 0.4) is 0 Å². The minimum absolute atomic E-state index is 0.00969. The molecule has 0 unspecified atom stereocenters. The molecule has 24 nitrogen and oxygen atoms in total. The van der Waals surface area contributed by atoms with Crippen LogP contribution in [0.2, 0.25) is 0 Å². The molecule has 24 heteroatoms. The fraction of sp³-hybridized carbons (Fsp3) is 0.217. The number of fused-ring (bicyclic) bond motifs is 12. The summed E-state index contributed by atoms with van der Waals surface area (Å²) in [4.78, 5) is 72.7. The molecule has 0 aliphatic carbocycles. The molecule has 0 atom stereocenters. The number of para-hydroxylation sites is 3. The van der Waals surface area contributed by atoms with E-state index >= 15 is 0 Å². The van der Waals surface area contributed by atoms with E-state index in [2.05, 4.69) is 295 Å². The summed E-state index contributed by atoms with van der Waals surface area (Å²) in [6.07, 6.45) is 9.73. The average Bonchev–Trinajstić information content (AvgIpc) is 1.64. The molecule has 8 N–H and O–H groups in total. The highest BCUT2D eigenvalue weighted by Gasteiger charge is 2.34. The Hall–Kier alpha value is -15.7. The van der Waals surface area contributed by atoms with Gasteiger partial charge in [-0.2, -0.15) is 20.4 Å². The van der Waals surface area contributed by atoms with Gasteiger partial charge in [-0.25, -0.2) is 0 Å². The zero-order valence-corrected chi connectivity index (χ0v) is 78.4. The second-order valence-corrected chi connectivity index (χ2v) is 36.8. The normalized spacial score (nSPS) is 13.8. The lowest BCUT2D eigenvalue weighted by molar-refractivity contribution is 0.0934. The van der Waals surface area contributed by atoms with Crippen LogP contribution in [0.4, 0.5) is 0 Å². The number of aliphatic hydroxyl groups excluding tert-OH is 1. The molecule has 0 saturated carbocycles. The van der Waals surface area contributed by atoms with Gasteiger partial charge in [-0.3, -0.25) is 57.5 Å². The summed E-state index contributed by atoms with van der Waals surface area (Å²) in [5, 5.41) is 56.2. The van der Waals surface area contributed by atoms with Gasteiger partial charge in [0.05, 0.1) is 13.2 Å². The molecule has 20 aromatic rings. The molecule has 11 heterocycles. The van der Waals surface area contributed by atoms with Gasteiger partial charge in [0, 0.05) is 248 Å². The number of aromatic amines is 3. The number of hydrogen-bond donors (Lipinski definition) is 8. The van der Waals surface area contributed by atoms with Crippen LogP contribution in [-0.4, -0.2) is 135 Å². The van der Waals surface area contributed by atoms with Gasteiger partial charge in [0.2, 0.25) is 0 Å². The second-order valence-electron chi connectivity index (χ2n) is 36.8. The number of nitrogens with one attached hydrogen (secondary N) is 7. The van der Waals surface area contributed by atoms with Crippen LogP contribution >= 0.6 is 0 Å². The van der Waals surface area contributed by atoms with Crippen molar-refractivity contribution in [1.82, 2.24) is 94.9 Å². The lowest BCUT2D eigenvalue weighted by atomic mass is 10.0. The number of aliphatic hydroxyl groups is 1. The smallest absolute Gasteiger partial charge is 0.272 e. The number of carbonyl (C=O) groups excluding carboxylic acids is 4. The predicted molar refractivity (Wildman–Crippen MR) is 550 cm³/mol. The minimum Gasteiger partial charge on any atom is -0.394 e. The summed E-state index contributed by atoms with van der Waals surface area (Å²) in [5.41, 5.74) is 23.7. The van der Waals surface area contributed by atoms with Crippen molar-refractivity contribution in [2.24, 2.45) is 21.1 Å². The molecule has 4 amide bonds. The third kappa shape index (κ3) is 19.2. The van der Waals surface area contributed by atoms with E-state index in [0.717, 1.165) is 192 Å². The molecule has 0 fully saturated rings. The lowest BCUT2D eigenvalue weighted by Gasteiger charge is -2.28. The Morgan fingerprint density at radius 2 is 0.583 bits per heavy atom. The summed E-state index contributed by atoms with van der Waals surface area (Å²) in [7, 11) is 5.82. The molecule has 0 bridgehead atoms. The van der Waals surface area contributed by atoms with Gasteiger partial charge < -0.3 is 41.3 Å². The molecule has 0 spiro atoms. The predicted octanol–water partition coefficient (Wildman–Crippen LogP) is 18.3. The summed E-state index contributed by atoms with van der Waals surface area (Å²) in [6.45, 7) is 12.1. The molecule has 139 heavy (non-hydrogen) atoms. The molecule has 696 valence electrons. The summed E-state index contributed by atoms with van der Waals surface area (Å²) < 4.78 is 7.46. The highest BCUT2D eigenvalue weighted by molar-refractivity contribution is 5.98. The van der Waals surface area contributed by atoms with Crippen molar-refractivity contribution in [2.75, 3.05) is 32.8 Å². The monoisotopic (exact) mass is 1840 g/mol. The zero-order valence-electron chi connectivity index (χ0n) is 78.4. The standard InChI is InChI=1S/C30H28N4O.C29H29N5O2.2C28H27N5O/c1-33-28-16-17-34(19-24-13-7-11-22-9-3-5-15-26(22)24)20-27(28)29(32-33)30(35)31-18-23-12-6-10-21-8-2-4-14-25(21)23;35-15-14-34-27-12-13-33(18-22-17-30-26-11-4-3-10-24(22)26)19-25(27)28(32-34)29(36)31-16-21-8-5-7-20-6-1-2-9-23(20)21;1-32-26-13-14-33(17-21-16-29-25-12-5-4-11-23(21)25)18-24(26)27(31-32)28(34)30-15-20-9-6-8-19-7-2-3-10-22(19)20;1-32-26-12-13-33(17-22-16-29-25-9-5-4-8-23(22)25)18-24(26)27(31-32)28(34)30-15-19-10-11-20-6-2-3-7-21(20)14-19/h2-15H,16-20H2,1H3,(H,31,35);1-11,17,30,35H,12-16,18-19H2,(H,31,36);2-12,16,29H,13-15,17-18H2,1H3,(H,30,34);2-11,14,16,29H,12-13,15,17-18H2,1H3,(H,30,34). The average molecular weight is 1840 g/mol. The largest absolute Gasteiger partial charge is 0.394 e. The van der Waals surface area contributed by atoms with E-state index in [4.69, 9.17) is 0 Å². The van der Waals surface area contributed by atoms with E-state index < -0.39 is 0 Å². The van der Waals surface area contributed by atoms with Crippen molar-refractivity contribution in [1.29, 1.82) is 0 Å². The van der Waals surface area contributed by atoms with Crippen molar-refractivity contribution >= 4 is 110 Å². The van der Waals surface area contributed by atoms with Crippen molar-refractivity contribution in [3.63, 3.8) is 0 Å². The van der Waals surface area contributed by atoms with Crippen molar-refractivity contribution in [3.8, 4) is 0 Å². The molecule has 4 aliphatic rings. The number of rotatable bonds is 22. The Morgan fingerprint density at radius 1 is 0.295 bits per heavy atom. The summed E-state index contributed by atoms with van der Waals surface area (Å²) >= 11 is 0. The van der Waals surface area contributed by atoms with Gasteiger partial charge in [0.1, 0.15) is 0 Å². The maximum atomic E-state index is 13.4. The fourth-order valence-electron chi connectivity index (χ4n) is 21.0. The SMILES string of the molecule is Cn1nc(C(=O)NCc2ccc3ccccc3c2)c2c1CCN(Cc1c[nH]c3ccccc13)C2.Cn1nc(C(=O)NCc2cccc3ccccc23)c2c1CCN(Cc1c[nH]c3ccccc13)C2.Cn1nc(C(=O)NCc2cccc3ccccc23)c2c1CCN(Cc1cccc3ccccc13)C2.O=C(NCc1cccc2ccccc12)c1nn(CCO)c2c1CN(Cc1c[nH]c3ccccc13)CC2. The molecule has 0 saturated heterocycles. The molecule has 0 radical (unpaired) electrons. The van der Waals surface area contributed by atoms with Crippen LogP contribution in [0.5, 0.6) is 0 Å². The first-order chi connectivity index (χ1) is 68.2. The molecule has 24 rings (SSSR count). The topological polar surface area (TPSA) is 268 Å². The number of aromatic nitrogens is 11. The Balaban J connectivity index is 0.000000110. The van der Waals surface area contributed by atoms with E-state index in [1.54, 1.807) is 0 Å². The van der Waals surface area contributed by atoms with Crippen LogP contribution in [0.1, 0.15) is 131 Å². The third-order valence-electron chi connectivity index (χ3n) is 28.1. The Kier molecular flexibility index (Phi) is 26.0. The van der Waals surface area contributed by atoms with E-state index in [9.17, 15) is 24.3 Å².